The van der Waals surface area contributed by atoms with Crippen LogP contribution in [0.25, 0.3) is 0 Å². The van der Waals surface area contributed by atoms with Gasteiger partial charge in [0, 0.05) is 6.07 Å². The molecule has 5 N–H and O–H groups in total. The molecule has 1 aromatic rings. The number of hydrogen-bond donors (Lipinski definition) is 3. The normalized spacial score (nSPS) is 12.1. The Morgan fingerprint density at radius 1 is 1.62 bits per heavy atom. The van der Waals surface area contributed by atoms with Crippen molar-refractivity contribution in [3.05, 3.63) is 17.5 Å². The second-order valence-corrected chi connectivity index (χ2v) is 3.42. The van der Waals surface area contributed by atoms with Crippen LogP contribution in [0.1, 0.15) is 17.9 Å². The minimum atomic E-state index is -0.925. The van der Waals surface area contributed by atoms with Gasteiger partial charge in [0.1, 0.15) is 11.5 Å². The van der Waals surface area contributed by atoms with Crippen molar-refractivity contribution >= 4 is 11.8 Å². The lowest BCUT2D eigenvalue weighted by Crippen LogP contribution is -2.42. The molecule has 7 nitrogen and oxygen atoms in total. The zero-order chi connectivity index (χ0) is 12.1. The molecule has 0 spiro atoms. The first-order valence-electron chi connectivity index (χ1n) is 4.73. The van der Waals surface area contributed by atoms with Gasteiger partial charge in [0.25, 0.3) is 0 Å². The van der Waals surface area contributed by atoms with Crippen LogP contribution in [0.2, 0.25) is 0 Å². The van der Waals surface area contributed by atoms with Crippen molar-refractivity contribution in [2.24, 2.45) is 11.5 Å². The van der Waals surface area contributed by atoms with E-state index < -0.39 is 17.9 Å². The fourth-order valence-electron chi connectivity index (χ4n) is 1.12. The second kappa shape index (κ2) is 5.26. The Hall–Kier alpha value is -1.89. The Balaban J connectivity index is 2.37. The van der Waals surface area contributed by atoms with Crippen molar-refractivity contribution in [2.45, 2.75) is 25.9 Å². The number of aromatic nitrogens is 1. The van der Waals surface area contributed by atoms with Gasteiger partial charge in [-0.05, 0) is 6.92 Å². The van der Waals surface area contributed by atoms with Crippen molar-refractivity contribution in [2.75, 3.05) is 0 Å². The highest BCUT2D eigenvalue weighted by molar-refractivity contribution is 5.87. The topological polar surface area (TPSA) is 124 Å². The number of amides is 2. The molecule has 2 amide bonds. The quantitative estimate of drug-likeness (QED) is 0.581. The van der Waals surface area contributed by atoms with Crippen LogP contribution < -0.4 is 16.8 Å². The van der Waals surface area contributed by atoms with Crippen LogP contribution in [0.3, 0.4) is 0 Å². The summed E-state index contributed by atoms with van der Waals surface area (Å²) >= 11 is 0. The number of nitrogens with zero attached hydrogens (tertiary/aromatic N) is 1. The largest absolute Gasteiger partial charge is 0.370 e. The molecule has 0 fully saturated rings. The van der Waals surface area contributed by atoms with Crippen LogP contribution in [0.15, 0.2) is 10.6 Å². The second-order valence-electron chi connectivity index (χ2n) is 3.42. The molecule has 0 saturated carbocycles. The maximum atomic E-state index is 11.4. The van der Waals surface area contributed by atoms with Crippen molar-refractivity contribution in [3.8, 4) is 0 Å². The average Bonchev–Trinajstić information content (AvgIpc) is 2.59. The Bertz CT molecular complexity index is 388. The number of carbonyl (C=O) groups excluding carboxylic acids is 2. The third-order valence-corrected chi connectivity index (χ3v) is 1.88. The summed E-state index contributed by atoms with van der Waals surface area (Å²) in [6.45, 7) is 1.96. The van der Waals surface area contributed by atoms with Crippen LogP contribution >= 0.6 is 0 Å². The standard InChI is InChI=1S/C9H14N4O3/c1-5-2-6(13-16-5)4-12-9(15)7(10)3-8(11)14/h2,7H,3-4,10H2,1H3,(H2,11,14)(H,12,15). The summed E-state index contributed by atoms with van der Waals surface area (Å²) in [4.78, 5) is 21.9. The third-order valence-electron chi connectivity index (χ3n) is 1.88. The lowest BCUT2D eigenvalue weighted by molar-refractivity contribution is -0.126. The first-order valence-corrected chi connectivity index (χ1v) is 4.73. The van der Waals surface area contributed by atoms with Gasteiger partial charge in [0.05, 0.1) is 19.0 Å². The van der Waals surface area contributed by atoms with E-state index in [1.807, 2.05) is 0 Å². The number of primary amides is 1. The molecule has 0 aromatic carbocycles. The van der Waals surface area contributed by atoms with E-state index in [-0.39, 0.29) is 13.0 Å². The lowest BCUT2D eigenvalue weighted by Gasteiger charge is -2.08. The van der Waals surface area contributed by atoms with Crippen molar-refractivity contribution in [1.29, 1.82) is 0 Å². The Labute approximate surface area is 92.1 Å². The highest BCUT2D eigenvalue weighted by Gasteiger charge is 2.15. The highest BCUT2D eigenvalue weighted by Crippen LogP contribution is 2.00. The van der Waals surface area contributed by atoms with Gasteiger partial charge in [-0.25, -0.2) is 0 Å². The molecule has 1 aromatic heterocycles. The fourth-order valence-corrected chi connectivity index (χ4v) is 1.12. The summed E-state index contributed by atoms with van der Waals surface area (Å²) in [5, 5.41) is 6.21. The predicted molar refractivity (Wildman–Crippen MR) is 54.9 cm³/mol. The van der Waals surface area contributed by atoms with E-state index in [2.05, 4.69) is 10.5 Å². The molecular formula is C9H14N4O3. The molecule has 0 aliphatic carbocycles. The minimum Gasteiger partial charge on any atom is -0.370 e. The summed E-state index contributed by atoms with van der Waals surface area (Å²) in [7, 11) is 0. The van der Waals surface area contributed by atoms with E-state index in [1.165, 1.54) is 0 Å². The summed E-state index contributed by atoms with van der Waals surface area (Å²) in [6, 6.07) is 0.769. The van der Waals surface area contributed by atoms with Crippen molar-refractivity contribution in [1.82, 2.24) is 10.5 Å². The summed E-state index contributed by atoms with van der Waals surface area (Å²) in [6.07, 6.45) is -0.177. The van der Waals surface area contributed by atoms with Gasteiger partial charge in [-0.15, -0.1) is 0 Å². The summed E-state index contributed by atoms with van der Waals surface area (Å²) < 4.78 is 4.82. The molecular weight excluding hydrogens is 212 g/mol. The number of hydrogen-bond acceptors (Lipinski definition) is 5. The fraction of sp³-hybridized carbons (Fsp3) is 0.444. The van der Waals surface area contributed by atoms with Gasteiger partial charge in [-0.3, -0.25) is 9.59 Å². The molecule has 0 bridgehead atoms. The summed E-state index contributed by atoms with van der Waals surface area (Å²) in [5.74, 6) is -0.398. The number of nitrogens with one attached hydrogen (secondary N) is 1. The van der Waals surface area contributed by atoms with Gasteiger partial charge in [-0.1, -0.05) is 5.16 Å². The van der Waals surface area contributed by atoms with Crippen molar-refractivity contribution in [3.63, 3.8) is 0 Å². The Morgan fingerprint density at radius 3 is 2.81 bits per heavy atom. The monoisotopic (exact) mass is 226 g/mol. The van der Waals surface area contributed by atoms with Gasteiger partial charge in [0.2, 0.25) is 11.8 Å². The molecule has 0 aliphatic heterocycles. The Kier molecular flexibility index (Phi) is 4.01. The SMILES string of the molecule is Cc1cc(CNC(=O)C(N)CC(N)=O)no1. The van der Waals surface area contributed by atoms with E-state index in [0.29, 0.717) is 11.5 Å². The first-order chi connectivity index (χ1) is 7.49. The van der Waals surface area contributed by atoms with Crippen LogP contribution in [-0.4, -0.2) is 23.0 Å². The number of nitrogens with two attached hydrogens (primary N) is 2. The maximum Gasteiger partial charge on any atom is 0.237 e. The van der Waals surface area contributed by atoms with Crippen LogP contribution in [0.5, 0.6) is 0 Å². The lowest BCUT2D eigenvalue weighted by atomic mass is 10.2. The number of aryl methyl sites for hydroxylation is 1. The molecule has 1 heterocycles. The van der Waals surface area contributed by atoms with Gasteiger partial charge in [0.15, 0.2) is 0 Å². The van der Waals surface area contributed by atoms with Gasteiger partial charge in [-0.2, -0.15) is 0 Å². The maximum absolute atomic E-state index is 11.4. The average molecular weight is 226 g/mol. The molecule has 1 rings (SSSR count). The van der Waals surface area contributed by atoms with Crippen LogP contribution in [0, 0.1) is 6.92 Å². The molecule has 0 aliphatic rings. The zero-order valence-electron chi connectivity index (χ0n) is 8.90. The molecule has 1 unspecified atom stereocenters. The molecule has 16 heavy (non-hydrogen) atoms. The predicted octanol–water partition coefficient (Wildman–Crippen LogP) is -1.20. The van der Waals surface area contributed by atoms with Crippen LogP contribution in [0.4, 0.5) is 0 Å². The molecule has 1 atom stereocenters. The summed E-state index contributed by atoms with van der Waals surface area (Å²) in [5.41, 5.74) is 10.9. The van der Waals surface area contributed by atoms with E-state index in [1.54, 1.807) is 13.0 Å². The third kappa shape index (κ3) is 3.70. The van der Waals surface area contributed by atoms with Gasteiger partial charge >= 0.3 is 0 Å². The first kappa shape index (κ1) is 12.2. The number of carbonyl (C=O) groups is 2. The molecule has 0 saturated heterocycles. The Morgan fingerprint density at radius 2 is 2.31 bits per heavy atom. The minimum absolute atomic E-state index is 0.177. The van der Waals surface area contributed by atoms with E-state index >= 15 is 0 Å². The zero-order valence-corrected chi connectivity index (χ0v) is 8.90. The molecule has 7 heteroatoms. The smallest absolute Gasteiger partial charge is 0.237 e. The number of rotatable bonds is 5. The van der Waals surface area contributed by atoms with E-state index in [9.17, 15) is 9.59 Å². The van der Waals surface area contributed by atoms with Crippen molar-refractivity contribution < 1.29 is 14.1 Å². The van der Waals surface area contributed by atoms with Gasteiger partial charge < -0.3 is 21.3 Å². The molecule has 0 radical (unpaired) electrons. The van der Waals surface area contributed by atoms with Crippen LogP contribution in [-0.2, 0) is 16.1 Å². The highest BCUT2D eigenvalue weighted by atomic mass is 16.5. The molecule has 88 valence electrons. The van der Waals surface area contributed by atoms with E-state index in [4.69, 9.17) is 16.0 Å². The van der Waals surface area contributed by atoms with E-state index in [0.717, 1.165) is 0 Å².